The van der Waals surface area contributed by atoms with Crippen molar-refractivity contribution in [2.75, 3.05) is 13.1 Å². The van der Waals surface area contributed by atoms with Crippen LogP contribution >= 0.6 is 0 Å². The van der Waals surface area contributed by atoms with Gasteiger partial charge in [-0.2, -0.15) is 0 Å². The monoisotopic (exact) mass is 349 g/mol. The van der Waals surface area contributed by atoms with E-state index in [0.717, 1.165) is 31.7 Å². The third kappa shape index (κ3) is 4.33. The van der Waals surface area contributed by atoms with Crippen molar-refractivity contribution in [3.05, 3.63) is 77.9 Å². The number of hydrogen-bond acceptors (Lipinski definition) is 5. The molecule has 1 atom stereocenters. The SMILES string of the molecule is c1ccc(COCc2cn(C3CCN(Cc4cccnc4)C3)nn2)cc1. The minimum Gasteiger partial charge on any atom is -0.370 e. The molecular formula is C20H23N5O. The van der Waals surface area contributed by atoms with Crippen LogP contribution in [0.25, 0.3) is 0 Å². The molecule has 1 aliphatic heterocycles. The summed E-state index contributed by atoms with van der Waals surface area (Å²) in [6, 6.07) is 14.7. The number of pyridine rings is 1. The molecule has 1 aliphatic rings. The molecule has 1 fully saturated rings. The molecule has 0 radical (unpaired) electrons. The van der Waals surface area contributed by atoms with Crippen molar-refractivity contribution in [2.24, 2.45) is 0 Å². The lowest BCUT2D eigenvalue weighted by atomic mass is 10.2. The van der Waals surface area contributed by atoms with Crippen LogP contribution in [0.3, 0.4) is 0 Å². The third-order valence-electron chi connectivity index (χ3n) is 4.67. The van der Waals surface area contributed by atoms with E-state index in [4.69, 9.17) is 4.74 Å². The molecular weight excluding hydrogens is 326 g/mol. The highest BCUT2D eigenvalue weighted by molar-refractivity contribution is 5.13. The number of nitrogens with zero attached hydrogens (tertiary/aromatic N) is 5. The maximum absolute atomic E-state index is 5.75. The first-order valence-corrected chi connectivity index (χ1v) is 9.00. The van der Waals surface area contributed by atoms with Crippen molar-refractivity contribution >= 4 is 0 Å². The Balaban J connectivity index is 1.27. The second-order valence-corrected chi connectivity index (χ2v) is 6.71. The van der Waals surface area contributed by atoms with Crippen LogP contribution in [0.4, 0.5) is 0 Å². The van der Waals surface area contributed by atoms with Gasteiger partial charge in [-0.25, -0.2) is 4.68 Å². The molecule has 6 nitrogen and oxygen atoms in total. The predicted octanol–water partition coefficient (Wildman–Crippen LogP) is 2.84. The van der Waals surface area contributed by atoms with E-state index in [0.29, 0.717) is 19.3 Å². The molecule has 0 saturated carbocycles. The van der Waals surface area contributed by atoms with Crippen molar-refractivity contribution in [3.63, 3.8) is 0 Å². The molecule has 0 N–H and O–H groups in total. The highest BCUT2D eigenvalue weighted by Crippen LogP contribution is 2.22. The highest BCUT2D eigenvalue weighted by atomic mass is 16.5. The fourth-order valence-corrected chi connectivity index (χ4v) is 3.33. The van der Waals surface area contributed by atoms with E-state index in [2.05, 4.69) is 38.4 Å². The first kappa shape index (κ1) is 16.9. The van der Waals surface area contributed by atoms with Gasteiger partial charge in [-0.05, 0) is 23.6 Å². The summed E-state index contributed by atoms with van der Waals surface area (Å²) < 4.78 is 7.74. The topological polar surface area (TPSA) is 56.1 Å². The molecule has 134 valence electrons. The molecule has 0 aliphatic carbocycles. The fraction of sp³-hybridized carbons (Fsp3) is 0.350. The summed E-state index contributed by atoms with van der Waals surface area (Å²) in [4.78, 5) is 6.63. The summed E-state index contributed by atoms with van der Waals surface area (Å²) in [7, 11) is 0. The Bertz CT molecular complexity index is 805. The molecule has 3 aromatic rings. The zero-order valence-electron chi connectivity index (χ0n) is 14.7. The van der Waals surface area contributed by atoms with Gasteiger partial charge in [0.05, 0.1) is 25.5 Å². The van der Waals surface area contributed by atoms with Crippen LogP contribution in [0, 0.1) is 0 Å². The van der Waals surface area contributed by atoms with Crippen LogP contribution in [0.5, 0.6) is 0 Å². The van der Waals surface area contributed by atoms with E-state index in [-0.39, 0.29) is 0 Å². The van der Waals surface area contributed by atoms with Gasteiger partial charge in [-0.3, -0.25) is 9.88 Å². The van der Waals surface area contributed by atoms with Gasteiger partial charge in [-0.1, -0.05) is 41.6 Å². The fourth-order valence-electron chi connectivity index (χ4n) is 3.33. The molecule has 3 heterocycles. The number of benzene rings is 1. The van der Waals surface area contributed by atoms with Crippen molar-refractivity contribution in [1.29, 1.82) is 0 Å². The minimum atomic E-state index is 0.377. The number of ether oxygens (including phenoxy) is 1. The van der Waals surface area contributed by atoms with Gasteiger partial charge < -0.3 is 4.74 Å². The Hall–Kier alpha value is -2.57. The molecule has 6 heteroatoms. The third-order valence-corrected chi connectivity index (χ3v) is 4.67. The van der Waals surface area contributed by atoms with Gasteiger partial charge in [-0.15, -0.1) is 5.10 Å². The molecule has 1 unspecified atom stereocenters. The summed E-state index contributed by atoms with van der Waals surface area (Å²) in [6.07, 6.45) is 6.86. The van der Waals surface area contributed by atoms with Gasteiger partial charge in [0.15, 0.2) is 0 Å². The largest absolute Gasteiger partial charge is 0.370 e. The molecule has 1 aromatic carbocycles. The van der Waals surface area contributed by atoms with Crippen LogP contribution in [0.1, 0.15) is 29.3 Å². The summed E-state index contributed by atoms with van der Waals surface area (Å²) in [5.74, 6) is 0. The van der Waals surface area contributed by atoms with Gasteiger partial charge in [0.2, 0.25) is 0 Å². The second-order valence-electron chi connectivity index (χ2n) is 6.71. The zero-order chi connectivity index (χ0) is 17.6. The molecule has 2 aromatic heterocycles. The van der Waals surface area contributed by atoms with Gasteiger partial charge in [0.25, 0.3) is 0 Å². The number of aromatic nitrogens is 4. The molecule has 1 saturated heterocycles. The average molecular weight is 349 g/mol. The molecule has 0 amide bonds. The van der Waals surface area contributed by atoms with Crippen LogP contribution in [-0.2, 0) is 24.5 Å². The Kier molecular flexibility index (Phi) is 5.33. The Morgan fingerprint density at radius 2 is 1.92 bits per heavy atom. The summed E-state index contributed by atoms with van der Waals surface area (Å²) in [6.45, 7) is 4.07. The van der Waals surface area contributed by atoms with E-state index in [1.165, 1.54) is 11.1 Å². The number of rotatable bonds is 7. The van der Waals surface area contributed by atoms with E-state index < -0.39 is 0 Å². The smallest absolute Gasteiger partial charge is 0.108 e. The van der Waals surface area contributed by atoms with E-state index >= 15 is 0 Å². The van der Waals surface area contributed by atoms with Crippen LogP contribution < -0.4 is 0 Å². The first-order valence-electron chi connectivity index (χ1n) is 9.00. The van der Waals surface area contributed by atoms with Crippen molar-refractivity contribution < 1.29 is 4.74 Å². The molecule has 0 bridgehead atoms. The number of likely N-dealkylation sites (tertiary alicyclic amines) is 1. The maximum atomic E-state index is 5.75. The normalized spacial score (nSPS) is 17.6. The lowest BCUT2D eigenvalue weighted by molar-refractivity contribution is 0.104. The Morgan fingerprint density at radius 1 is 1.04 bits per heavy atom. The van der Waals surface area contributed by atoms with E-state index in [1.807, 2.05) is 47.5 Å². The number of hydrogen-bond donors (Lipinski definition) is 0. The lowest BCUT2D eigenvalue weighted by Crippen LogP contribution is -2.21. The molecule has 26 heavy (non-hydrogen) atoms. The minimum absolute atomic E-state index is 0.377. The van der Waals surface area contributed by atoms with Crippen molar-refractivity contribution in [2.45, 2.75) is 32.2 Å². The average Bonchev–Trinajstić information content (AvgIpc) is 3.33. The van der Waals surface area contributed by atoms with Crippen LogP contribution in [-0.4, -0.2) is 38.0 Å². The van der Waals surface area contributed by atoms with Crippen molar-refractivity contribution in [3.8, 4) is 0 Å². The first-order chi connectivity index (χ1) is 12.9. The van der Waals surface area contributed by atoms with Crippen LogP contribution in [0.15, 0.2) is 61.1 Å². The summed E-state index contributed by atoms with van der Waals surface area (Å²) in [5, 5.41) is 8.57. The van der Waals surface area contributed by atoms with Crippen molar-refractivity contribution in [1.82, 2.24) is 24.9 Å². The summed E-state index contributed by atoms with van der Waals surface area (Å²) in [5.41, 5.74) is 3.30. The standard InChI is InChI=1S/C20H23N5O/c1-2-5-17(6-3-1)15-26-16-19-13-25(23-22-19)20-8-10-24(14-20)12-18-7-4-9-21-11-18/h1-7,9,11,13,20H,8,10,12,14-16H2. The predicted molar refractivity (Wildman–Crippen MR) is 98.1 cm³/mol. The quantitative estimate of drug-likeness (QED) is 0.656. The summed E-state index contributed by atoms with van der Waals surface area (Å²) >= 11 is 0. The second kappa shape index (κ2) is 8.21. The molecule has 0 spiro atoms. The van der Waals surface area contributed by atoms with Gasteiger partial charge >= 0.3 is 0 Å². The maximum Gasteiger partial charge on any atom is 0.108 e. The zero-order valence-corrected chi connectivity index (χ0v) is 14.7. The molecule has 4 rings (SSSR count). The van der Waals surface area contributed by atoms with Gasteiger partial charge in [0.1, 0.15) is 5.69 Å². The Labute approximate surface area is 153 Å². The van der Waals surface area contributed by atoms with E-state index in [1.54, 1.807) is 0 Å². The lowest BCUT2D eigenvalue weighted by Gasteiger charge is -2.15. The van der Waals surface area contributed by atoms with Gasteiger partial charge in [0, 0.05) is 32.0 Å². The Morgan fingerprint density at radius 3 is 2.77 bits per heavy atom. The van der Waals surface area contributed by atoms with E-state index in [9.17, 15) is 0 Å². The highest BCUT2D eigenvalue weighted by Gasteiger charge is 2.24. The van der Waals surface area contributed by atoms with Crippen LogP contribution in [0.2, 0.25) is 0 Å².